The molecule has 3 rings (SSSR count). The van der Waals surface area contributed by atoms with Crippen molar-refractivity contribution in [1.29, 1.82) is 0 Å². The molecule has 1 aliphatic heterocycles. The quantitative estimate of drug-likeness (QED) is 0.842. The van der Waals surface area contributed by atoms with Crippen molar-refractivity contribution in [3.05, 3.63) is 41.6 Å². The van der Waals surface area contributed by atoms with Gasteiger partial charge in [-0.1, -0.05) is 20.8 Å². The van der Waals surface area contributed by atoms with Gasteiger partial charge in [0.1, 0.15) is 11.5 Å². The van der Waals surface area contributed by atoms with E-state index in [1.807, 2.05) is 12.1 Å². The third-order valence-electron chi connectivity index (χ3n) is 4.59. The van der Waals surface area contributed by atoms with Crippen molar-refractivity contribution >= 4 is 11.8 Å². The van der Waals surface area contributed by atoms with Crippen LogP contribution in [-0.2, 0) is 23.7 Å². The number of aryl methyl sites for hydroxylation is 2. The Morgan fingerprint density at radius 2 is 1.96 bits per heavy atom. The first kappa shape index (κ1) is 18.2. The molecule has 1 aliphatic rings. The molecule has 1 saturated heterocycles. The fourth-order valence-electron chi connectivity index (χ4n) is 3.06. The standard InChI is InChI=1S/C19H26N4O3/c1-19(2,3)16-13-15(21(4)20-16)18(25)23-11-6-10-22(23)17(24)9-8-14-7-5-12-26-14/h5,7,12-13H,6,8-11H2,1-4H3. The Morgan fingerprint density at radius 3 is 2.58 bits per heavy atom. The van der Waals surface area contributed by atoms with E-state index in [1.165, 1.54) is 0 Å². The average molecular weight is 358 g/mol. The first-order valence-corrected chi connectivity index (χ1v) is 8.96. The average Bonchev–Trinajstić information content (AvgIpc) is 3.31. The number of amides is 2. The monoisotopic (exact) mass is 358 g/mol. The van der Waals surface area contributed by atoms with Crippen LogP contribution in [0.1, 0.15) is 55.6 Å². The molecule has 0 atom stereocenters. The lowest BCUT2D eigenvalue weighted by molar-refractivity contribution is -0.140. The number of hydrogen-bond acceptors (Lipinski definition) is 4. The molecule has 26 heavy (non-hydrogen) atoms. The molecule has 0 bridgehead atoms. The van der Waals surface area contributed by atoms with Crippen LogP contribution in [0.2, 0.25) is 0 Å². The Morgan fingerprint density at radius 1 is 1.23 bits per heavy atom. The summed E-state index contributed by atoms with van der Waals surface area (Å²) >= 11 is 0. The lowest BCUT2D eigenvalue weighted by Crippen LogP contribution is -2.45. The van der Waals surface area contributed by atoms with Crippen LogP contribution < -0.4 is 0 Å². The van der Waals surface area contributed by atoms with Gasteiger partial charge in [-0.25, -0.2) is 5.01 Å². The molecular weight excluding hydrogens is 332 g/mol. The second kappa shape index (κ2) is 6.97. The highest BCUT2D eigenvalue weighted by molar-refractivity contribution is 5.94. The minimum absolute atomic E-state index is 0.0644. The van der Waals surface area contributed by atoms with Gasteiger partial charge in [-0.15, -0.1) is 0 Å². The molecule has 0 spiro atoms. The second-order valence-corrected chi connectivity index (χ2v) is 7.67. The molecule has 0 aliphatic carbocycles. The Bertz CT molecular complexity index is 786. The van der Waals surface area contributed by atoms with Crippen LogP contribution in [0.15, 0.2) is 28.9 Å². The highest BCUT2D eigenvalue weighted by Gasteiger charge is 2.33. The van der Waals surface area contributed by atoms with Gasteiger partial charge in [-0.2, -0.15) is 5.10 Å². The van der Waals surface area contributed by atoms with Crippen molar-refractivity contribution in [2.24, 2.45) is 7.05 Å². The van der Waals surface area contributed by atoms with Gasteiger partial charge in [0.05, 0.1) is 12.0 Å². The molecule has 2 amide bonds. The summed E-state index contributed by atoms with van der Waals surface area (Å²) in [4.78, 5) is 25.6. The van der Waals surface area contributed by atoms with Gasteiger partial charge in [-0.3, -0.25) is 19.3 Å². The molecular formula is C19H26N4O3. The van der Waals surface area contributed by atoms with E-state index in [2.05, 4.69) is 25.9 Å². The molecule has 140 valence electrons. The van der Waals surface area contributed by atoms with E-state index in [1.54, 1.807) is 34.1 Å². The van der Waals surface area contributed by atoms with E-state index in [0.717, 1.165) is 17.9 Å². The van der Waals surface area contributed by atoms with Crippen LogP contribution >= 0.6 is 0 Å². The van der Waals surface area contributed by atoms with E-state index in [4.69, 9.17) is 4.42 Å². The van der Waals surface area contributed by atoms with Crippen LogP contribution in [0.25, 0.3) is 0 Å². The van der Waals surface area contributed by atoms with Crippen molar-refractivity contribution in [2.45, 2.75) is 45.4 Å². The van der Waals surface area contributed by atoms with Crippen molar-refractivity contribution in [3.63, 3.8) is 0 Å². The summed E-state index contributed by atoms with van der Waals surface area (Å²) in [5, 5.41) is 7.58. The number of rotatable bonds is 4. The number of aromatic nitrogens is 2. The van der Waals surface area contributed by atoms with Gasteiger partial charge in [0, 0.05) is 38.4 Å². The fraction of sp³-hybridized carbons (Fsp3) is 0.526. The van der Waals surface area contributed by atoms with Crippen LogP contribution in [0.5, 0.6) is 0 Å². The third-order valence-corrected chi connectivity index (χ3v) is 4.59. The van der Waals surface area contributed by atoms with Crippen molar-refractivity contribution in [2.75, 3.05) is 13.1 Å². The van der Waals surface area contributed by atoms with Crippen LogP contribution in [-0.4, -0.2) is 44.7 Å². The van der Waals surface area contributed by atoms with Gasteiger partial charge in [0.2, 0.25) is 5.91 Å². The van der Waals surface area contributed by atoms with E-state index < -0.39 is 0 Å². The number of carbonyl (C=O) groups excluding carboxylic acids is 2. The third kappa shape index (κ3) is 3.66. The largest absolute Gasteiger partial charge is 0.469 e. The molecule has 3 heterocycles. The van der Waals surface area contributed by atoms with Gasteiger partial charge >= 0.3 is 0 Å². The number of furan rings is 1. The predicted molar refractivity (Wildman–Crippen MR) is 96.3 cm³/mol. The van der Waals surface area contributed by atoms with Crippen LogP contribution in [0.3, 0.4) is 0 Å². The second-order valence-electron chi connectivity index (χ2n) is 7.67. The van der Waals surface area contributed by atoms with E-state index >= 15 is 0 Å². The molecule has 2 aromatic rings. The highest BCUT2D eigenvalue weighted by atomic mass is 16.3. The number of hydrazine groups is 1. The summed E-state index contributed by atoms with van der Waals surface area (Å²) in [5.74, 6) is 0.529. The van der Waals surface area contributed by atoms with Crippen molar-refractivity contribution in [1.82, 2.24) is 19.8 Å². The Balaban J connectivity index is 1.72. The van der Waals surface area contributed by atoms with Gasteiger partial charge in [-0.05, 0) is 24.6 Å². The lowest BCUT2D eigenvalue weighted by Gasteiger charge is -2.27. The molecule has 0 radical (unpaired) electrons. The minimum atomic E-state index is -0.181. The summed E-state index contributed by atoms with van der Waals surface area (Å²) in [6.07, 6.45) is 3.23. The lowest BCUT2D eigenvalue weighted by atomic mass is 9.92. The number of carbonyl (C=O) groups is 2. The van der Waals surface area contributed by atoms with Gasteiger partial charge in [0.25, 0.3) is 5.91 Å². The van der Waals surface area contributed by atoms with E-state index in [-0.39, 0.29) is 17.2 Å². The zero-order valence-corrected chi connectivity index (χ0v) is 15.9. The van der Waals surface area contributed by atoms with Gasteiger partial charge in [0.15, 0.2) is 0 Å². The Kier molecular flexibility index (Phi) is 4.89. The van der Waals surface area contributed by atoms with Gasteiger partial charge < -0.3 is 4.42 Å². The summed E-state index contributed by atoms with van der Waals surface area (Å²) in [5.41, 5.74) is 1.22. The number of hydrogen-bond donors (Lipinski definition) is 0. The molecule has 0 N–H and O–H groups in total. The van der Waals surface area contributed by atoms with E-state index in [0.29, 0.717) is 31.6 Å². The highest BCUT2D eigenvalue weighted by Crippen LogP contribution is 2.23. The van der Waals surface area contributed by atoms with Crippen molar-refractivity contribution < 1.29 is 14.0 Å². The molecule has 0 saturated carbocycles. The maximum Gasteiger partial charge on any atom is 0.290 e. The topological polar surface area (TPSA) is 71.6 Å². The molecule has 1 fully saturated rings. The summed E-state index contributed by atoms with van der Waals surface area (Å²) < 4.78 is 6.88. The first-order chi connectivity index (χ1) is 12.3. The Hall–Kier alpha value is -2.57. The molecule has 0 aromatic carbocycles. The summed E-state index contributed by atoms with van der Waals surface area (Å²) in [7, 11) is 1.77. The van der Waals surface area contributed by atoms with Crippen molar-refractivity contribution in [3.8, 4) is 0 Å². The predicted octanol–water partition coefficient (Wildman–Crippen LogP) is 2.53. The summed E-state index contributed by atoms with van der Waals surface area (Å²) in [6.45, 7) is 7.28. The molecule has 7 heteroatoms. The molecule has 2 aromatic heterocycles. The smallest absolute Gasteiger partial charge is 0.290 e. The first-order valence-electron chi connectivity index (χ1n) is 8.96. The fourth-order valence-corrected chi connectivity index (χ4v) is 3.06. The summed E-state index contributed by atoms with van der Waals surface area (Å²) in [6, 6.07) is 5.48. The minimum Gasteiger partial charge on any atom is -0.469 e. The van der Waals surface area contributed by atoms with E-state index in [9.17, 15) is 9.59 Å². The molecule has 7 nitrogen and oxygen atoms in total. The normalized spacial score (nSPS) is 14.9. The van der Waals surface area contributed by atoms with Crippen LogP contribution in [0, 0.1) is 0 Å². The maximum absolute atomic E-state index is 13.0. The SMILES string of the molecule is Cn1nc(C(C)(C)C)cc1C(=O)N1CCCN1C(=O)CCc1ccco1. The zero-order valence-electron chi connectivity index (χ0n) is 15.9. The number of nitrogens with zero attached hydrogens (tertiary/aromatic N) is 4. The maximum atomic E-state index is 13.0. The Labute approximate surface area is 153 Å². The van der Waals surface area contributed by atoms with Crippen LogP contribution in [0.4, 0.5) is 0 Å². The molecule has 0 unspecified atom stereocenters. The zero-order chi connectivity index (χ0) is 18.9.